The molecule has 0 radical (unpaired) electrons. The van der Waals surface area contributed by atoms with Crippen molar-refractivity contribution in [2.24, 2.45) is 5.41 Å². The van der Waals surface area contributed by atoms with Gasteiger partial charge in [-0.3, -0.25) is 19.2 Å². The van der Waals surface area contributed by atoms with E-state index < -0.39 is 26.9 Å². The number of hydrogen-bond donors (Lipinski definition) is 0. The highest BCUT2D eigenvalue weighted by atomic mass is 32.2. The first-order valence-electron chi connectivity index (χ1n) is 11.7. The molecule has 36 heavy (non-hydrogen) atoms. The third-order valence-electron chi connectivity index (χ3n) is 5.97. The number of amides is 3. The summed E-state index contributed by atoms with van der Waals surface area (Å²) in [7, 11) is -2.32. The van der Waals surface area contributed by atoms with E-state index in [9.17, 15) is 22.8 Å². The largest absolute Gasteiger partial charge is 0.444 e. The molecule has 3 rings (SSSR count). The summed E-state index contributed by atoms with van der Waals surface area (Å²) in [6.07, 6.45) is -0.373. The number of carbonyl (C=O) groups is 3. The maximum absolute atomic E-state index is 13.5. The van der Waals surface area contributed by atoms with Crippen molar-refractivity contribution in [3.63, 3.8) is 0 Å². The van der Waals surface area contributed by atoms with Gasteiger partial charge in [-0.2, -0.15) is 5.10 Å². The highest BCUT2D eigenvalue weighted by Crippen LogP contribution is 2.36. The molecule has 1 aliphatic rings. The summed E-state index contributed by atoms with van der Waals surface area (Å²) in [6.45, 7) is 12.6. The number of benzene rings is 1. The fourth-order valence-corrected chi connectivity index (χ4v) is 5.72. The second-order valence-corrected chi connectivity index (χ2v) is 12.6. The van der Waals surface area contributed by atoms with E-state index in [0.717, 1.165) is 4.90 Å². The van der Waals surface area contributed by atoms with E-state index >= 15 is 0 Å². The molecule has 3 amide bonds. The van der Waals surface area contributed by atoms with Gasteiger partial charge in [0.2, 0.25) is 21.7 Å². The van der Waals surface area contributed by atoms with Gasteiger partial charge in [0.25, 0.3) is 0 Å². The highest BCUT2D eigenvalue weighted by molar-refractivity contribution is 7.91. The number of anilines is 1. The third-order valence-corrected chi connectivity index (χ3v) is 7.99. The van der Waals surface area contributed by atoms with Crippen molar-refractivity contribution in [2.75, 3.05) is 18.5 Å². The lowest BCUT2D eigenvalue weighted by Crippen LogP contribution is -2.36. The van der Waals surface area contributed by atoms with Gasteiger partial charge in [-0.05, 0) is 58.9 Å². The van der Waals surface area contributed by atoms with Gasteiger partial charge in [-0.1, -0.05) is 13.8 Å². The van der Waals surface area contributed by atoms with Crippen LogP contribution in [0.3, 0.4) is 0 Å². The Hall–Kier alpha value is -3.21. The number of aryl methyl sites for hydroxylation is 1. The maximum atomic E-state index is 13.5. The predicted octanol–water partition coefficient (Wildman–Crippen LogP) is 3.49. The van der Waals surface area contributed by atoms with Gasteiger partial charge < -0.3 is 9.64 Å². The van der Waals surface area contributed by atoms with Crippen LogP contribution in [0.15, 0.2) is 34.1 Å². The minimum Gasteiger partial charge on any atom is -0.444 e. The number of rotatable bonds is 6. The van der Waals surface area contributed by atoms with Crippen LogP contribution in [0.4, 0.5) is 10.5 Å². The van der Waals surface area contributed by atoms with Crippen molar-refractivity contribution < 1.29 is 27.5 Å². The number of imide groups is 1. The lowest BCUT2D eigenvalue weighted by molar-refractivity contribution is -0.124. The Morgan fingerprint density at radius 1 is 1.14 bits per heavy atom. The Balaban J connectivity index is 1.81. The minimum absolute atomic E-state index is 0.0289. The van der Waals surface area contributed by atoms with Crippen LogP contribution in [0.25, 0.3) is 0 Å². The average Bonchev–Trinajstić information content (AvgIpc) is 3.15. The van der Waals surface area contributed by atoms with Gasteiger partial charge in [0, 0.05) is 20.0 Å². The van der Waals surface area contributed by atoms with Crippen LogP contribution in [0.5, 0.6) is 0 Å². The zero-order chi connectivity index (χ0) is 27.2. The lowest BCUT2D eigenvalue weighted by atomic mass is 9.92. The van der Waals surface area contributed by atoms with E-state index in [1.54, 1.807) is 60.2 Å². The summed E-state index contributed by atoms with van der Waals surface area (Å²) < 4.78 is 33.8. The first kappa shape index (κ1) is 27.4. The topological polar surface area (TPSA) is 119 Å². The van der Waals surface area contributed by atoms with E-state index in [0.29, 0.717) is 17.1 Å². The summed E-state index contributed by atoms with van der Waals surface area (Å²) in [4.78, 5) is 39.8. The van der Waals surface area contributed by atoms with Crippen molar-refractivity contribution >= 4 is 33.4 Å². The van der Waals surface area contributed by atoms with Crippen molar-refractivity contribution in [1.29, 1.82) is 0 Å². The van der Waals surface area contributed by atoms with Gasteiger partial charge >= 0.3 is 6.09 Å². The van der Waals surface area contributed by atoms with Crippen LogP contribution in [0.2, 0.25) is 0 Å². The van der Waals surface area contributed by atoms with Crippen molar-refractivity contribution in [1.82, 2.24) is 14.7 Å². The lowest BCUT2D eigenvalue weighted by Gasteiger charge is -2.24. The average molecular weight is 519 g/mol. The second-order valence-electron chi connectivity index (χ2n) is 10.7. The first-order valence-corrected chi connectivity index (χ1v) is 13.1. The molecule has 0 atom stereocenters. The van der Waals surface area contributed by atoms with Crippen LogP contribution in [0.1, 0.15) is 52.4 Å². The number of nitrogens with zero attached hydrogens (tertiary/aromatic N) is 4. The Labute approximate surface area is 212 Å². The molecule has 1 saturated heterocycles. The van der Waals surface area contributed by atoms with E-state index in [4.69, 9.17) is 4.74 Å². The van der Waals surface area contributed by atoms with E-state index in [-0.39, 0.29) is 41.1 Å². The van der Waals surface area contributed by atoms with Crippen molar-refractivity contribution in [2.45, 2.75) is 76.8 Å². The molecule has 1 fully saturated rings. The van der Waals surface area contributed by atoms with E-state index in [1.807, 2.05) is 0 Å². The summed E-state index contributed by atoms with van der Waals surface area (Å²) in [6, 6.07) is 5.72. The molecule has 0 N–H and O–H groups in total. The molecule has 1 aliphatic heterocycles. The third kappa shape index (κ3) is 5.30. The van der Waals surface area contributed by atoms with Crippen LogP contribution in [-0.2, 0) is 30.7 Å². The number of aromatic nitrogens is 2. The highest BCUT2D eigenvalue weighted by Gasteiger charge is 2.45. The molecule has 0 bridgehead atoms. The van der Waals surface area contributed by atoms with Gasteiger partial charge in [-0.25, -0.2) is 13.2 Å². The number of ether oxygens (including phenoxy) is 1. The smallest absolute Gasteiger partial charge is 0.410 e. The van der Waals surface area contributed by atoms with Gasteiger partial charge in [-0.15, -0.1) is 0 Å². The Morgan fingerprint density at radius 2 is 1.72 bits per heavy atom. The fourth-order valence-electron chi connectivity index (χ4n) is 4.07. The zero-order valence-corrected chi connectivity index (χ0v) is 22.9. The predicted molar refractivity (Wildman–Crippen MR) is 133 cm³/mol. The number of sulfone groups is 1. The molecule has 1 aromatic heterocycles. The van der Waals surface area contributed by atoms with Crippen LogP contribution < -0.4 is 4.90 Å². The van der Waals surface area contributed by atoms with Crippen LogP contribution in [-0.4, -0.2) is 60.2 Å². The summed E-state index contributed by atoms with van der Waals surface area (Å²) in [5.74, 6) is -0.627. The standard InChI is InChI=1S/C25H34N4O6S/c1-16-21(17(2)28(26-16)14-13-27(8)23(32)35-24(3,4)5)36(33,34)19-11-9-18(10-12-19)29-20(30)15-25(6,7)22(29)31/h9-12H,13-15H2,1-8H3. The van der Waals surface area contributed by atoms with Gasteiger partial charge in [0.15, 0.2) is 0 Å². The van der Waals surface area contributed by atoms with E-state index in [2.05, 4.69) is 5.10 Å². The Kier molecular flexibility index (Phi) is 7.11. The summed E-state index contributed by atoms with van der Waals surface area (Å²) in [5, 5.41) is 4.39. The number of carbonyl (C=O) groups excluding carboxylic acids is 3. The fraction of sp³-hybridized carbons (Fsp3) is 0.520. The Morgan fingerprint density at radius 3 is 2.22 bits per heavy atom. The van der Waals surface area contributed by atoms with Crippen molar-refractivity contribution in [3.8, 4) is 0 Å². The zero-order valence-electron chi connectivity index (χ0n) is 22.1. The molecule has 0 saturated carbocycles. The monoisotopic (exact) mass is 518 g/mol. The molecular formula is C25H34N4O6S. The molecule has 2 heterocycles. The van der Waals surface area contributed by atoms with Crippen molar-refractivity contribution in [3.05, 3.63) is 35.7 Å². The molecule has 0 aliphatic carbocycles. The molecule has 10 nitrogen and oxygen atoms in total. The number of likely N-dealkylation sites (N-methyl/N-ethyl adjacent to an activating group) is 1. The molecule has 11 heteroatoms. The van der Waals surface area contributed by atoms with Crippen LogP contribution >= 0.6 is 0 Å². The SMILES string of the molecule is Cc1nn(CCN(C)C(=O)OC(C)(C)C)c(C)c1S(=O)(=O)c1ccc(N2C(=O)CC(C)(C)C2=O)cc1. The molecular weight excluding hydrogens is 484 g/mol. The first-order chi connectivity index (χ1) is 16.5. The number of hydrogen-bond acceptors (Lipinski definition) is 7. The van der Waals surface area contributed by atoms with E-state index in [1.165, 1.54) is 29.2 Å². The van der Waals surface area contributed by atoms with Crippen LogP contribution in [0, 0.1) is 19.3 Å². The summed E-state index contributed by atoms with van der Waals surface area (Å²) in [5.41, 5.74) is -0.290. The maximum Gasteiger partial charge on any atom is 0.410 e. The molecule has 2 aromatic rings. The Bertz CT molecular complexity index is 1300. The normalized spacial score (nSPS) is 15.9. The molecule has 0 spiro atoms. The molecule has 196 valence electrons. The van der Waals surface area contributed by atoms with Gasteiger partial charge in [0.05, 0.1) is 33.9 Å². The summed E-state index contributed by atoms with van der Waals surface area (Å²) >= 11 is 0. The molecule has 1 aromatic carbocycles. The second kappa shape index (κ2) is 9.34. The molecule has 0 unspecified atom stereocenters. The minimum atomic E-state index is -3.93. The quantitative estimate of drug-likeness (QED) is 0.537. The van der Waals surface area contributed by atoms with Gasteiger partial charge in [0.1, 0.15) is 10.5 Å².